The molecule has 6 nitrogen and oxygen atoms in total. The van der Waals surface area contributed by atoms with E-state index in [9.17, 15) is 8.42 Å². The molecule has 0 aliphatic rings. The number of hydrogen-bond acceptors (Lipinski definition) is 5. The van der Waals surface area contributed by atoms with Gasteiger partial charge >= 0.3 is 0 Å². The fourth-order valence-electron chi connectivity index (χ4n) is 2.34. The minimum atomic E-state index is -3.62. The fraction of sp³-hybridized carbons (Fsp3) is 0.353. The third-order valence-corrected chi connectivity index (χ3v) is 6.02. The van der Waals surface area contributed by atoms with Crippen LogP contribution >= 0.6 is 0 Å². The molecule has 0 radical (unpaired) electrons. The number of sulfonamides is 1. The lowest BCUT2D eigenvalue weighted by Gasteiger charge is -2.24. The Morgan fingerprint density at radius 3 is 2.46 bits per heavy atom. The van der Waals surface area contributed by atoms with Crippen molar-refractivity contribution in [2.24, 2.45) is 0 Å². The van der Waals surface area contributed by atoms with E-state index in [0.717, 1.165) is 11.3 Å². The van der Waals surface area contributed by atoms with Crippen LogP contribution in [-0.4, -0.2) is 37.9 Å². The van der Waals surface area contributed by atoms with Crippen molar-refractivity contribution in [3.63, 3.8) is 0 Å². The van der Waals surface area contributed by atoms with Crippen LogP contribution in [0.4, 0.5) is 5.82 Å². The molecule has 0 amide bonds. The normalized spacial score (nSPS) is 13.0. The van der Waals surface area contributed by atoms with Gasteiger partial charge < -0.3 is 10.5 Å². The molecule has 1 aromatic carbocycles. The Morgan fingerprint density at radius 1 is 1.29 bits per heavy atom. The molecule has 0 aliphatic heterocycles. The summed E-state index contributed by atoms with van der Waals surface area (Å²) in [7, 11) is -0.430. The molecule has 130 valence electrons. The highest BCUT2D eigenvalue weighted by atomic mass is 32.2. The highest BCUT2D eigenvalue weighted by molar-refractivity contribution is 7.89. The summed E-state index contributed by atoms with van der Waals surface area (Å²) < 4.78 is 32.0. The molecule has 1 heterocycles. The first-order valence-corrected chi connectivity index (χ1v) is 9.02. The van der Waals surface area contributed by atoms with Gasteiger partial charge in [0.15, 0.2) is 0 Å². The molecule has 2 rings (SSSR count). The van der Waals surface area contributed by atoms with Crippen molar-refractivity contribution < 1.29 is 13.2 Å². The first-order chi connectivity index (χ1) is 11.3. The first kappa shape index (κ1) is 18.2. The molecule has 24 heavy (non-hydrogen) atoms. The summed E-state index contributed by atoms with van der Waals surface area (Å²) in [6.45, 7) is 3.61. The molecule has 0 saturated carbocycles. The van der Waals surface area contributed by atoms with Crippen LogP contribution in [-0.2, 0) is 16.4 Å². The number of hydrogen-bond donors (Lipinski definition) is 1. The second-order valence-corrected chi connectivity index (χ2v) is 7.79. The van der Waals surface area contributed by atoms with Crippen LogP contribution in [0.3, 0.4) is 0 Å². The summed E-state index contributed by atoms with van der Waals surface area (Å²) in [6, 6.07) is 8.94. The maximum atomic E-state index is 12.8. The van der Waals surface area contributed by atoms with Crippen LogP contribution < -0.4 is 10.5 Å². The smallest absolute Gasteiger partial charge is 0.244 e. The summed E-state index contributed by atoms with van der Waals surface area (Å²) in [5, 5.41) is 0. The summed E-state index contributed by atoms with van der Waals surface area (Å²) in [6.07, 6.45) is 1.90. The van der Waals surface area contributed by atoms with Gasteiger partial charge in [0.05, 0.1) is 7.11 Å². The molecule has 7 heteroatoms. The average Bonchev–Trinajstić information content (AvgIpc) is 2.57. The second-order valence-electron chi connectivity index (χ2n) is 5.80. The van der Waals surface area contributed by atoms with Gasteiger partial charge in [0, 0.05) is 19.3 Å². The van der Waals surface area contributed by atoms with E-state index < -0.39 is 10.0 Å². The lowest BCUT2D eigenvalue weighted by Crippen LogP contribution is -2.36. The molecule has 0 saturated heterocycles. The molecule has 1 aromatic heterocycles. The van der Waals surface area contributed by atoms with Gasteiger partial charge in [-0.3, -0.25) is 0 Å². The Balaban J connectivity index is 2.18. The minimum absolute atomic E-state index is 0.151. The second kappa shape index (κ2) is 7.19. The maximum Gasteiger partial charge on any atom is 0.244 e. The largest absolute Gasteiger partial charge is 0.497 e. The standard InChI is InChI=1S/C17H23N3O3S/c1-12-9-16(11-19-17(12)18)24(21,22)20(3)13(2)10-14-5-7-15(23-4)8-6-14/h5-9,11,13H,10H2,1-4H3,(H2,18,19). The number of methoxy groups -OCH3 is 1. The number of pyridine rings is 1. The predicted molar refractivity (Wildman–Crippen MR) is 94.5 cm³/mol. The summed E-state index contributed by atoms with van der Waals surface area (Å²) >= 11 is 0. The number of ether oxygens (including phenoxy) is 1. The monoisotopic (exact) mass is 349 g/mol. The SMILES string of the molecule is COc1ccc(CC(C)N(C)S(=O)(=O)c2cnc(N)c(C)c2)cc1. The quantitative estimate of drug-likeness (QED) is 0.864. The third kappa shape index (κ3) is 3.85. The highest BCUT2D eigenvalue weighted by Gasteiger charge is 2.26. The molecule has 2 aromatic rings. The van der Waals surface area contributed by atoms with Crippen molar-refractivity contribution in [1.82, 2.24) is 9.29 Å². The number of anilines is 1. The lowest BCUT2D eigenvalue weighted by atomic mass is 10.1. The van der Waals surface area contributed by atoms with Crippen molar-refractivity contribution in [2.45, 2.75) is 31.2 Å². The van der Waals surface area contributed by atoms with Crippen LogP contribution in [0.15, 0.2) is 41.4 Å². The van der Waals surface area contributed by atoms with E-state index >= 15 is 0 Å². The van der Waals surface area contributed by atoms with E-state index in [4.69, 9.17) is 10.5 Å². The number of benzene rings is 1. The fourth-order valence-corrected chi connectivity index (χ4v) is 3.73. The number of aromatic nitrogens is 1. The molecule has 2 N–H and O–H groups in total. The Morgan fingerprint density at radius 2 is 1.92 bits per heavy atom. The number of rotatable bonds is 6. The van der Waals surface area contributed by atoms with Crippen LogP contribution in [0.1, 0.15) is 18.1 Å². The minimum Gasteiger partial charge on any atom is -0.497 e. The van der Waals surface area contributed by atoms with Crippen molar-refractivity contribution in [2.75, 3.05) is 19.9 Å². The zero-order valence-electron chi connectivity index (χ0n) is 14.4. The molecule has 0 bridgehead atoms. The highest BCUT2D eigenvalue weighted by Crippen LogP contribution is 2.21. The zero-order chi connectivity index (χ0) is 17.9. The van der Waals surface area contributed by atoms with E-state index in [-0.39, 0.29) is 10.9 Å². The Kier molecular flexibility index (Phi) is 5.46. The van der Waals surface area contributed by atoms with Crippen LogP contribution in [0.25, 0.3) is 0 Å². The maximum absolute atomic E-state index is 12.8. The van der Waals surface area contributed by atoms with Crippen LogP contribution in [0.5, 0.6) is 5.75 Å². The van der Waals surface area contributed by atoms with Crippen molar-refractivity contribution in [1.29, 1.82) is 0 Å². The molecule has 1 atom stereocenters. The zero-order valence-corrected chi connectivity index (χ0v) is 15.2. The van der Waals surface area contributed by atoms with Crippen molar-refractivity contribution >= 4 is 15.8 Å². The number of nitrogens with zero attached hydrogens (tertiary/aromatic N) is 2. The van der Waals surface area contributed by atoms with Crippen LogP contribution in [0.2, 0.25) is 0 Å². The van der Waals surface area contributed by atoms with Gasteiger partial charge in [0.1, 0.15) is 16.5 Å². The van der Waals surface area contributed by atoms with Gasteiger partial charge in [0.2, 0.25) is 10.0 Å². The Labute approximate surface area is 143 Å². The van der Waals surface area contributed by atoms with Gasteiger partial charge in [-0.15, -0.1) is 0 Å². The van der Waals surface area contributed by atoms with E-state index in [1.807, 2.05) is 31.2 Å². The molecular weight excluding hydrogens is 326 g/mol. The number of likely N-dealkylation sites (N-methyl/N-ethyl adjacent to an activating group) is 1. The average molecular weight is 349 g/mol. The summed E-state index contributed by atoms with van der Waals surface area (Å²) in [5.41, 5.74) is 7.35. The van der Waals surface area contributed by atoms with Gasteiger partial charge in [-0.1, -0.05) is 12.1 Å². The third-order valence-electron chi connectivity index (χ3n) is 4.08. The molecule has 0 spiro atoms. The van der Waals surface area contributed by atoms with Crippen LogP contribution in [0, 0.1) is 6.92 Å². The molecule has 0 aliphatic carbocycles. The van der Waals surface area contributed by atoms with E-state index in [2.05, 4.69) is 4.98 Å². The number of aryl methyl sites for hydroxylation is 1. The van der Waals surface area contributed by atoms with E-state index in [1.54, 1.807) is 27.1 Å². The van der Waals surface area contributed by atoms with Gasteiger partial charge in [-0.25, -0.2) is 13.4 Å². The Hall–Kier alpha value is -2.12. The molecule has 1 unspecified atom stereocenters. The summed E-state index contributed by atoms with van der Waals surface area (Å²) in [5.74, 6) is 1.11. The number of nitrogen functional groups attached to an aromatic ring is 1. The lowest BCUT2D eigenvalue weighted by molar-refractivity contribution is 0.386. The predicted octanol–water partition coefficient (Wildman–Crippen LogP) is 2.23. The van der Waals surface area contributed by atoms with E-state index in [1.165, 1.54) is 10.5 Å². The van der Waals surface area contributed by atoms with Gasteiger partial charge in [0.25, 0.3) is 0 Å². The molecular formula is C17H23N3O3S. The molecule has 0 fully saturated rings. The summed E-state index contributed by atoms with van der Waals surface area (Å²) in [4.78, 5) is 4.10. The topological polar surface area (TPSA) is 85.5 Å². The first-order valence-electron chi connectivity index (χ1n) is 7.58. The Bertz CT molecular complexity index is 804. The van der Waals surface area contributed by atoms with Crippen molar-refractivity contribution in [3.8, 4) is 5.75 Å². The van der Waals surface area contributed by atoms with Gasteiger partial charge in [-0.05, 0) is 49.6 Å². The van der Waals surface area contributed by atoms with Crippen molar-refractivity contribution in [3.05, 3.63) is 47.7 Å². The van der Waals surface area contributed by atoms with E-state index in [0.29, 0.717) is 17.8 Å². The van der Waals surface area contributed by atoms with Gasteiger partial charge in [-0.2, -0.15) is 4.31 Å². The number of nitrogens with two attached hydrogens (primary N) is 1.